The molecule has 0 bridgehead atoms. The topological polar surface area (TPSA) is 118 Å². The van der Waals surface area contributed by atoms with Crippen molar-refractivity contribution in [3.8, 4) is 0 Å². The van der Waals surface area contributed by atoms with Crippen LogP contribution in [0, 0.1) is 0 Å². The lowest BCUT2D eigenvalue weighted by Crippen LogP contribution is -2.26. The SMILES string of the molecule is CC(OS(=O)(=O)C(F)(F)F)=C(C(=O)O)C(=O)O. The molecule has 0 radical (unpaired) electrons. The lowest BCUT2D eigenvalue weighted by atomic mass is 10.2. The van der Waals surface area contributed by atoms with Crippen molar-refractivity contribution in [1.29, 1.82) is 0 Å². The van der Waals surface area contributed by atoms with E-state index < -0.39 is 38.9 Å². The van der Waals surface area contributed by atoms with Gasteiger partial charge in [0.25, 0.3) is 0 Å². The number of carboxylic acid groups (broad SMARTS) is 2. The molecule has 0 aromatic heterocycles. The number of carbonyl (C=O) groups is 2. The van der Waals surface area contributed by atoms with Crippen molar-refractivity contribution >= 4 is 22.1 Å². The molecule has 7 nitrogen and oxygen atoms in total. The second-order valence-electron chi connectivity index (χ2n) is 2.52. The van der Waals surface area contributed by atoms with Crippen molar-refractivity contribution in [2.75, 3.05) is 0 Å². The summed E-state index contributed by atoms with van der Waals surface area (Å²) >= 11 is 0. The number of alkyl halides is 3. The molecule has 11 heteroatoms. The second-order valence-corrected chi connectivity index (χ2v) is 4.06. The van der Waals surface area contributed by atoms with Crippen LogP contribution in [0.25, 0.3) is 0 Å². The Bertz CT molecular complexity index is 456. The van der Waals surface area contributed by atoms with Gasteiger partial charge < -0.3 is 14.4 Å². The highest BCUT2D eigenvalue weighted by Gasteiger charge is 2.49. The lowest BCUT2D eigenvalue weighted by molar-refractivity contribution is -0.140. The molecule has 98 valence electrons. The molecular formula is C6H5F3O7S. The van der Waals surface area contributed by atoms with Crippen LogP contribution in [0.1, 0.15) is 6.92 Å². The average Bonchev–Trinajstić information content (AvgIpc) is 1.97. The molecule has 0 aliphatic carbocycles. The van der Waals surface area contributed by atoms with E-state index in [1.807, 2.05) is 0 Å². The van der Waals surface area contributed by atoms with Gasteiger partial charge in [-0.3, -0.25) is 0 Å². The van der Waals surface area contributed by atoms with Gasteiger partial charge in [0.2, 0.25) is 0 Å². The molecular weight excluding hydrogens is 273 g/mol. The van der Waals surface area contributed by atoms with Crippen molar-refractivity contribution in [2.45, 2.75) is 12.4 Å². The Kier molecular flexibility index (Phi) is 4.13. The zero-order chi connectivity index (χ0) is 14.0. The molecule has 0 heterocycles. The molecule has 0 aromatic carbocycles. The number of rotatable bonds is 4. The Balaban J connectivity index is 5.50. The zero-order valence-corrected chi connectivity index (χ0v) is 8.79. The van der Waals surface area contributed by atoms with Crippen molar-refractivity contribution in [1.82, 2.24) is 0 Å². The van der Waals surface area contributed by atoms with E-state index in [-0.39, 0.29) is 0 Å². The first kappa shape index (κ1) is 15.2. The van der Waals surface area contributed by atoms with E-state index in [2.05, 4.69) is 4.18 Å². The van der Waals surface area contributed by atoms with E-state index in [0.29, 0.717) is 6.92 Å². The fourth-order valence-electron chi connectivity index (χ4n) is 0.646. The molecule has 0 saturated heterocycles. The van der Waals surface area contributed by atoms with Crippen LogP contribution in [0.3, 0.4) is 0 Å². The Morgan fingerprint density at radius 2 is 1.47 bits per heavy atom. The molecule has 0 saturated carbocycles. The van der Waals surface area contributed by atoms with E-state index in [9.17, 15) is 31.2 Å². The van der Waals surface area contributed by atoms with E-state index in [1.54, 1.807) is 0 Å². The normalized spacial score (nSPS) is 11.8. The second kappa shape index (κ2) is 4.61. The van der Waals surface area contributed by atoms with Crippen molar-refractivity contribution in [3.63, 3.8) is 0 Å². The number of carboxylic acids is 2. The van der Waals surface area contributed by atoms with Crippen LogP contribution in [0.15, 0.2) is 11.3 Å². The highest BCUT2D eigenvalue weighted by molar-refractivity contribution is 7.87. The smallest absolute Gasteiger partial charge is 0.477 e. The van der Waals surface area contributed by atoms with Crippen LogP contribution in [-0.4, -0.2) is 36.1 Å². The van der Waals surface area contributed by atoms with Crippen LogP contribution in [0.2, 0.25) is 0 Å². The number of hydrogen-bond acceptors (Lipinski definition) is 5. The molecule has 0 aliphatic rings. The minimum absolute atomic E-state index is 0.473. The zero-order valence-electron chi connectivity index (χ0n) is 7.98. The van der Waals surface area contributed by atoms with Gasteiger partial charge in [0, 0.05) is 0 Å². The Morgan fingerprint density at radius 1 is 1.12 bits per heavy atom. The van der Waals surface area contributed by atoms with Crippen LogP contribution in [-0.2, 0) is 23.9 Å². The maximum atomic E-state index is 11.8. The van der Waals surface area contributed by atoms with Gasteiger partial charge in [-0.1, -0.05) is 0 Å². The molecule has 0 fully saturated rings. The Morgan fingerprint density at radius 3 is 1.71 bits per heavy atom. The summed E-state index contributed by atoms with van der Waals surface area (Å²) in [5.41, 5.74) is -7.39. The van der Waals surface area contributed by atoms with Gasteiger partial charge >= 0.3 is 27.6 Å². The molecule has 0 amide bonds. The predicted octanol–water partition coefficient (Wildman–Crippen LogP) is 0.296. The predicted molar refractivity (Wildman–Crippen MR) is 44.0 cm³/mol. The molecule has 17 heavy (non-hydrogen) atoms. The van der Waals surface area contributed by atoms with Crippen molar-refractivity contribution < 1.29 is 45.6 Å². The van der Waals surface area contributed by atoms with Crippen LogP contribution in [0.5, 0.6) is 0 Å². The summed E-state index contributed by atoms with van der Waals surface area (Å²) in [5.74, 6) is -5.66. The van der Waals surface area contributed by atoms with Gasteiger partial charge in [0.15, 0.2) is 5.57 Å². The molecule has 0 aliphatic heterocycles. The van der Waals surface area contributed by atoms with Gasteiger partial charge in [0.1, 0.15) is 5.76 Å². The molecule has 0 rings (SSSR count). The molecule has 0 spiro atoms. The quantitative estimate of drug-likeness (QED) is 0.189. The van der Waals surface area contributed by atoms with Gasteiger partial charge in [0.05, 0.1) is 0 Å². The fraction of sp³-hybridized carbons (Fsp3) is 0.333. The summed E-state index contributed by atoms with van der Waals surface area (Å²) in [4.78, 5) is 20.6. The van der Waals surface area contributed by atoms with Gasteiger partial charge in [-0.05, 0) is 6.92 Å². The van der Waals surface area contributed by atoms with E-state index in [0.717, 1.165) is 0 Å². The maximum Gasteiger partial charge on any atom is 0.534 e. The lowest BCUT2D eigenvalue weighted by Gasteiger charge is -2.10. The van der Waals surface area contributed by atoms with Gasteiger partial charge in [-0.25, -0.2) is 9.59 Å². The summed E-state index contributed by atoms with van der Waals surface area (Å²) in [6, 6.07) is 0. The molecule has 0 unspecified atom stereocenters. The molecule has 2 N–H and O–H groups in total. The summed E-state index contributed by atoms with van der Waals surface area (Å²) < 4.78 is 59.7. The number of hydrogen-bond donors (Lipinski definition) is 2. The van der Waals surface area contributed by atoms with Gasteiger partial charge in [-0.2, -0.15) is 21.6 Å². The molecule has 0 atom stereocenters. The summed E-state index contributed by atoms with van der Waals surface area (Å²) in [7, 11) is -6.09. The highest BCUT2D eigenvalue weighted by Crippen LogP contribution is 2.27. The largest absolute Gasteiger partial charge is 0.534 e. The summed E-state index contributed by atoms with van der Waals surface area (Å²) in [5, 5.41) is 16.6. The fourth-order valence-corrected chi connectivity index (χ4v) is 1.15. The maximum absolute atomic E-state index is 11.8. The third kappa shape index (κ3) is 3.62. The summed E-state index contributed by atoms with van der Waals surface area (Å²) in [6.07, 6.45) is 0. The van der Waals surface area contributed by atoms with E-state index in [1.165, 1.54) is 0 Å². The molecule has 0 aromatic rings. The Hall–Kier alpha value is -1.78. The monoisotopic (exact) mass is 278 g/mol. The minimum atomic E-state index is -6.09. The first-order valence-corrected chi connectivity index (χ1v) is 4.99. The number of allylic oxidation sites excluding steroid dienone is 1. The summed E-state index contributed by atoms with van der Waals surface area (Å²) in [6.45, 7) is 0.473. The van der Waals surface area contributed by atoms with Crippen LogP contribution < -0.4 is 0 Å². The first-order valence-electron chi connectivity index (χ1n) is 3.58. The third-order valence-corrected chi connectivity index (χ3v) is 2.33. The number of aliphatic carboxylic acids is 2. The standard InChI is InChI=1S/C6H5F3O7S/c1-2(3(4(10)11)5(12)13)16-17(14,15)6(7,8)9/h1H3,(H,10,11)(H,12,13). The number of halogens is 3. The van der Waals surface area contributed by atoms with E-state index >= 15 is 0 Å². The van der Waals surface area contributed by atoms with Crippen molar-refractivity contribution in [3.05, 3.63) is 11.3 Å². The highest BCUT2D eigenvalue weighted by atomic mass is 32.2. The van der Waals surface area contributed by atoms with Gasteiger partial charge in [-0.15, -0.1) is 0 Å². The first-order chi connectivity index (χ1) is 7.40. The minimum Gasteiger partial charge on any atom is -0.477 e. The Labute approximate surface area is 92.2 Å². The van der Waals surface area contributed by atoms with Crippen molar-refractivity contribution in [2.24, 2.45) is 0 Å². The van der Waals surface area contributed by atoms with Crippen LogP contribution in [0.4, 0.5) is 13.2 Å². The average molecular weight is 278 g/mol. The third-order valence-electron chi connectivity index (χ3n) is 1.30. The van der Waals surface area contributed by atoms with Crippen LogP contribution >= 0.6 is 0 Å². The van der Waals surface area contributed by atoms with E-state index in [4.69, 9.17) is 10.2 Å².